The lowest BCUT2D eigenvalue weighted by atomic mass is 9.85. The molecule has 46 heavy (non-hydrogen) atoms. The number of phenols is 1. The minimum atomic E-state index is -1.89. The first kappa shape index (κ1) is 30.8. The van der Waals surface area contributed by atoms with E-state index < -0.39 is 30.1 Å². The second-order valence-corrected chi connectivity index (χ2v) is 11.2. The molecule has 0 radical (unpaired) electrons. The standard InChI is InChI=1S/C34H33N3O9/c1-4-34(46-29(39)18-44-21-9-7-19(8-10-21)32(41)42)25-14-27-30-20(15-37(27)31(40)24(25)17-45-33(34)43)13-22-23(16-36(5-2)6-3)28(38)12-11-26(22)35-30/h7-14,38H,4-6,15-18H2,1-3H3,(H,41,42). The van der Waals surface area contributed by atoms with Crippen LogP contribution >= 0.6 is 0 Å². The highest BCUT2D eigenvalue weighted by Crippen LogP contribution is 2.41. The zero-order chi connectivity index (χ0) is 32.7. The van der Waals surface area contributed by atoms with E-state index in [9.17, 15) is 24.3 Å². The Hall–Kier alpha value is -5.23. The number of aromatic carboxylic acids is 1. The van der Waals surface area contributed by atoms with Gasteiger partial charge in [-0.15, -0.1) is 0 Å². The zero-order valence-corrected chi connectivity index (χ0v) is 25.7. The van der Waals surface area contributed by atoms with Crippen molar-refractivity contribution in [2.24, 2.45) is 0 Å². The second-order valence-electron chi connectivity index (χ2n) is 11.2. The molecule has 12 heteroatoms. The van der Waals surface area contributed by atoms with Crippen LogP contribution < -0.4 is 10.3 Å². The van der Waals surface area contributed by atoms with E-state index in [-0.39, 0.29) is 53.3 Å². The van der Waals surface area contributed by atoms with Gasteiger partial charge in [-0.3, -0.25) is 9.69 Å². The van der Waals surface area contributed by atoms with Gasteiger partial charge < -0.3 is 29.0 Å². The number of aromatic nitrogens is 2. The number of nitrogens with zero attached hydrogens (tertiary/aromatic N) is 3. The normalized spacial score (nSPS) is 16.5. The number of ether oxygens (including phenoxy) is 3. The number of hydrogen-bond acceptors (Lipinski definition) is 10. The Morgan fingerprint density at radius 1 is 1.07 bits per heavy atom. The Labute approximate surface area is 263 Å². The number of carbonyl (C=O) groups is 3. The van der Waals surface area contributed by atoms with Gasteiger partial charge in [0.1, 0.15) is 18.1 Å². The van der Waals surface area contributed by atoms with Crippen LogP contribution in [0.5, 0.6) is 11.5 Å². The van der Waals surface area contributed by atoms with Gasteiger partial charge in [-0.05, 0) is 68.0 Å². The number of aromatic hydroxyl groups is 1. The summed E-state index contributed by atoms with van der Waals surface area (Å²) in [4.78, 5) is 58.5. The SMILES string of the molecule is CCN(CC)Cc1c(O)ccc2nc3c(cc12)Cn1c-3cc2c(c1=O)COC(=O)C2(CC)OC(=O)COc1ccc(C(=O)O)cc1. The molecule has 2 aliphatic heterocycles. The lowest BCUT2D eigenvalue weighted by molar-refractivity contribution is -0.190. The molecule has 2 aromatic heterocycles. The molecule has 2 N–H and O–H groups in total. The van der Waals surface area contributed by atoms with Gasteiger partial charge in [-0.1, -0.05) is 20.8 Å². The number of benzene rings is 2. The van der Waals surface area contributed by atoms with Crippen molar-refractivity contribution >= 4 is 28.8 Å². The highest BCUT2D eigenvalue weighted by Gasteiger charge is 2.50. The summed E-state index contributed by atoms with van der Waals surface area (Å²) in [7, 11) is 0. The van der Waals surface area contributed by atoms with Gasteiger partial charge in [-0.25, -0.2) is 19.4 Å². The molecular formula is C34H33N3O9. The van der Waals surface area contributed by atoms with Crippen LogP contribution in [0.1, 0.15) is 59.8 Å². The van der Waals surface area contributed by atoms with Gasteiger partial charge in [0.15, 0.2) is 6.61 Å². The molecule has 0 bridgehead atoms. The Kier molecular flexibility index (Phi) is 7.99. The van der Waals surface area contributed by atoms with Gasteiger partial charge in [0.2, 0.25) is 5.60 Å². The van der Waals surface area contributed by atoms with Crippen molar-refractivity contribution in [2.75, 3.05) is 19.7 Å². The summed E-state index contributed by atoms with van der Waals surface area (Å²) < 4.78 is 18.2. The van der Waals surface area contributed by atoms with Crippen LogP contribution in [0.3, 0.4) is 0 Å². The molecule has 0 saturated heterocycles. The van der Waals surface area contributed by atoms with Crippen LogP contribution in [0.2, 0.25) is 0 Å². The van der Waals surface area contributed by atoms with E-state index in [0.29, 0.717) is 23.4 Å². The number of fused-ring (bicyclic) bond motifs is 5. The maximum atomic E-state index is 13.9. The van der Waals surface area contributed by atoms with E-state index in [1.54, 1.807) is 29.7 Å². The predicted octanol–water partition coefficient (Wildman–Crippen LogP) is 3.96. The maximum Gasteiger partial charge on any atom is 0.355 e. The van der Waals surface area contributed by atoms with Crippen molar-refractivity contribution in [3.63, 3.8) is 0 Å². The minimum Gasteiger partial charge on any atom is -0.508 e. The maximum absolute atomic E-state index is 13.9. The average Bonchev–Trinajstić information content (AvgIpc) is 3.42. The molecule has 238 valence electrons. The van der Waals surface area contributed by atoms with Crippen molar-refractivity contribution < 1.29 is 38.8 Å². The number of hydrogen-bond donors (Lipinski definition) is 2. The monoisotopic (exact) mass is 627 g/mol. The molecule has 0 spiro atoms. The molecule has 4 aromatic rings. The van der Waals surface area contributed by atoms with Crippen LogP contribution in [0, 0.1) is 0 Å². The topological polar surface area (TPSA) is 157 Å². The van der Waals surface area contributed by atoms with Gasteiger partial charge >= 0.3 is 17.9 Å². The Morgan fingerprint density at radius 3 is 2.48 bits per heavy atom. The number of carboxylic acids is 1. The minimum absolute atomic E-state index is 0.00717. The molecule has 6 rings (SSSR count). The van der Waals surface area contributed by atoms with Gasteiger partial charge in [0.25, 0.3) is 5.56 Å². The summed E-state index contributed by atoms with van der Waals surface area (Å²) >= 11 is 0. The quantitative estimate of drug-likeness (QED) is 0.216. The molecule has 1 atom stereocenters. The van der Waals surface area contributed by atoms with Gasteiger partial charge in [0.05, 0.1) is 34.6 Å². The fourth-order valence-electron chi connectivity index (χ4n) is 6.15. The van der Waals surface area contributed by atoms with E-state index in [1.165, 1.54) is 24.3 Å². The van der Waals surface area contributed by atoms with E-state index >= 15 is 0 Å². The summed E-state index contributed by atoms with van der Waals surface area (Å²) in [6.45, 7) is 7.34. The number of carbonyl (C=O) groups excluding carboxylic acids is 2. The highest BCUT2D eigenvalue weighted by atomic mass is 16.6. The van der Waals surface area contributed by atoms with Crippen molar-refractivity contribution in [1.82, 2.24) is 14.5 Å². The fraction of sp³-hybridized carbons (Fsp3) is 0.324. The number of pyridine rings is 2. The van der Waals surface area contributed by atoms with Crippen molar-refractivity contribution in [1.29, 1.82) is 0 Å². The Morgan fingerprint density at radius 2 is 1.80 bits per heavy atom. The number of carboxylic acid groups (broad SMARTS) is 1. The summed E-state index contributed by atoms with van der Waals surface area (Å²) in [5, 5.41) is 20.6. The molecule has 2 aliphatic rings. The van der Waals surface area contributed by atoms with Crippen molar-refractivity contribution in [3.05, 3.63) is 86.7 Å². The summed E-state index contributed by atoms with van der Waals surface area (Å²) in [5.74, 6) is -2.36. The third-order valence-electron chi connectivity index (χ3n) is 8.77. The number of esters is 2. The summed E-state index contributed by atoms with van der Waals surface area (Å²) in [6, 6.07) is 12.5. The van der Waals surface area contributed by atoms with Crippen LogP contribution in [-0.4, -0.2) is 62.3 Å². The largest absolute Gasteiger partial charge is 0.508 e. The first-order valence-electron chi connectivity index (χ1n) is 15.1. The number of cyclic esters (lactones) is 1. The van der Waals surface area contributed by atoms with Crippen molar-refractivity contribution in [2.45, 2.75) is 52.5 Å². The predicted molar refractivity (Wildman–Crippen MR) is 166 cm³/mol. The smallest absolute Gasteiger partial charge is 0.355 e. The zero-order valence-electron chi connectivity index (χ0n) is 25.7. The third kappa shape index (κ3) is 5.14. The molecular weight excluding hydrogens is 594 g/mol. The van der Waals surface area contributed by atoms with E-state index in [4.69, 9.17) is 24.3 Å². The second kappa shape index (κ2) is 11.9. The van der Waals surface area contributed by atoms with Crippen LogP contribution in [0.15, 0.2) is 53.3 Å². The van der Waals surface area contributed by atoms with E-state index in [0.717, 1.165) is 29.6 Å². The number of rotatable bonds is 10. The first-order chi connectivity index (χ1) is 22.1. The van der Waals surface area contributed by atoms with Crippen LogP contribution in [0.4, 0.5) is 0 Å². The molecule has 0 fully saturated rings. The summed E-state index contributed by atoms with van der Waals surface area (Å²) in [5.41, 5.74) is 1.48. The molecule has 1 unspecified atom stereocenters. The fourth-order valence-corrected chi connectivity index (χ4v) is 6.15. The van der Waals surface area contributed by atoms with Crippen molar-refractivity contribution in [3.8, 4) is 22.9 Å². The molecule has 0 saturated carbocycles. The van der Waals surface area contributed by atoms with E-state index in [2.05, 4.69) is 18.7 Å². The van der Waals surface area contributed by atoms with Gasteiger partial charge in [0, 0.05) is 28.6 Å². The Bertz CT molecular complexity index is 1950. The highest BCUT2D eigenvalue weighted by molar-refractivity contribution is 5.90. The number of phenolic OH excluding ortho intramolecular Hbond substituents is 1. The first-order valence-corrected chi connectivity index (χ1v) is 15.1. The van der Waals surface area contributed by atoms with Crippen LogP contribution in [0.25, 0.3) is 22.3 Å². The molecule has 0 aliphatic carbocycles. The van der Waals surface area contributed by atoms with Gasteiger partial charge in [-0.2, -0.15) is 0 Å². The molecule has 4 heterocycles. The lowest BCUT2D eigenvalue weighted by Crippen LogP contribution is -2.48. The van der Waals surface area contributed by atoms with Crippen LogP contribution in [-0.2, 0) is 44.4 Å². The third-order valence-corrected chi connectivity index (χ3v) is 8.77. The molecule has 0 amide bonds. The molecule has 2 aromatic carbocycles. The average molecular weight is 628 g/mol. The summed E-state index contributed by atoms with van der Waals surface area (Å²) in [6.07, 6.45) is -0.00717. The van der Waals surface area contributed by atoms with E-state index in [1.807, 2.05) is 6.07 Å². The Balaban J connectivity index is 1.36. The molecule has 12 nitrogen and oxygen atoms in total. The lowest BCUT2D eigenvalue weighted by Gasteiger charge is -2.35.